The molecule has 2 rings (SSSR count). The Kier molecular flexibility index (Phi) is 9.33. The van der Waals surface area contributed by atoms with Gasteiger partial charge in [-0.05, 0) is 49.2 Å². The number of hydrazone groups is 1. The number of carbonyl (C=O) groups excluding carboxylic acids is 1. The van der Waals surface area contributed by atoms with Crippen molar-refractivity contribution in [3.05, 3.63) is 48.0 Å². The largest absolute Gasteiger partial charge is 0.497 e. The highest BCUT2D eigenvalue weighted by molar-refractivity contribution is 7.92. The van der Waals surface area contributed by atoms with Crippen molar-refractivity contribution in [2.45, 2.75) is 20.3 Å². The molecule has 0 fully saturated rings. The lowest BCUT2D eigenvalue weighted by Crippen LogP contribution is -2.39. The van der Waals surface area contributed by atoms with Gasteiger partial charge in [0, 0.05) is 6.07 Å². The van der Waals surface area contributed by atoms with Gasteiger partial charge in [-0.3, -0.25) is 9.10 Å². The second kappa shape index (κ2) is 11.9. The minimum absolute atomic E-state index is 0.315. The zero-order valence-electron chi connectivity index (χ0n) is 18.7. The SMILES string of the molecule is CCCOc1ccc(/C=N\NC(=O)CN(c2cccc(OC)c2)S(C)(=O)=O)cc1OCC. The molecule has 9 nitrogen and oxygen atoms in total. The smallest absolute Gasteiger partial charge is 0.260 e. The molecule has 0 aliphatic carbocycles. The van der Waals surface area contributed by atoms with Gasteiger partial charge in [0.1, 0.15) is 12.3 Å². The van der Waals surface area contributed by atoms with Crippen LogP contribution in [0.15, 0.2) is 47.6 Å². The first-order valence-electron chi connectivity index (χ1n) is 10.1. The molecule has 0 aliphatic rings. The molecule has 1 amide bonds. The summed E-state index contributed by atoms with van der Waals surface area (Å²) in [5.41, 5.74) is 3.35. The third-order valence-corrected chi connectivity index (χ3v) is 5.30. The lowest BCUT2D eigenvalue weighted by atomic mass is 10.2. The van der Waals surface area contributed by atoms with Crippen molar-refractivity contribution in [2.24, 2.45) is 5.10 Å². The van der Waals surface area contributed by atoms with E-state index in [1.54, 1.807) is 36.4 Å². The van der Waals surface area contributed by atoms with Crippen molar-refractivity contribution >= 4 is 27.8 Å². The number of anilines is 1. The van der Waals surface area contributed by atoms with Crippen molar-refractivity contribution in [3.63, 3.8) is 0 Å². The summed E-state index contributed by atoms with van der Waals surface area (Å²) in [7, 11) is -2.23. The number of rotatable bonds is 12. The van der Waals surface area contributed by atoms with E-state index in [-0.39, 0.29) is 0 Å². The van der Waals surface area contributed by atoms with Crippen LogP contribution in [-0.2, 0) is 14.8 Å². The summed E-state index contributed by atoms with van der Waals surface area (Å²) in [5, 5.41) is 3.93. The molecule has 0 unspecified atom stereocenters. The van der Waals surface area contributed by atoms with Gasteiger partial charge in [0.2, 0.25) is 10.0 Å². The summed E-state index contributed by atoms with van der Waals surface area (Å²) in [6.07, 6.45) is 3.35. The van der Waals surface area contributed by atoms with Gasteiger partial charge >= 0.3 is 0 Å². The van der Waals surface area contributed by atoms with Crippen LogP contribution < -0.4 is 23.9 Å². The first-order valence-corrected chi connectivity index (χ1v) is 12.0. The van der Waals surface area contributed by atoms with Crippen LogP contribution in [0.2, 0.25) is 0 Å². The molecular formula is C22H29N3O6S. The molecule has 0 aromatic heterocycles. The lowest BCUT2D eigenvalue weighted by molar-refractivity contribution is -0.119. The van der Waals surface area contributed by atoms with Crippen LogP contribution in [0.1, 0.15) is 25.8 Å². The maximum atomic E-state index is 12.4. The quantitative estimate of drug-likeness (QED) is 0.383. The third-order valence-electron chi connectivity index (χ3n) is 4.16. The molecule has 32 heavy (non-hydrogen) atoms. The fourth-order valence-electron chi connectivity index (χ4n) is 2.71. The summed E-state index contributed by atoms with van der Waals surface area (Å²) in [6, 6.07) is 11.8. The van der Waals surface area contributed by atoms with E-state index >= 15 is 0 Å². The molecule has 0 radical (unpaired) electrons. The van der Waals surface area contributed by atoms with Gasteiger partial charge in [-0.2, -0.15) is 5.10 Å². The molecule has 10 heteroatoms. The van der Waals surface area contributed by atoms with E-state index in [1.807, 2.05) is 13.8 Å². The lowest BCUT2D eigenvalue weighted by Gasteiger charge is -2.21. The molecule has 1 N–H and O–H groups in total. The molecule has 0 saturated heterocycles. The second-order valence-corrected chi connectivity index (χ2v) is 8.66. The summed E-state index contributed by atoms with van der Waals surface area (Å²) < 4.78 is 41.8. The molecule has 0 spiro atoms. The van der Waals surface area contributed by atoms with E-state index in [9.17, 15) is 13.2 Å². The highest BCUT2D eigenvalue weighted by Crippen LogP contribution is 2.28. The molecule has 0 atom stereocenters. The van der Waals surface area contributed by atoms with E-state index in [0.29, 0.717) is 41.7 Å². The summed E-state index contributed by atoms with van der Waals surface area (Å²) >= 11 is 0. The molecular weight excluding hydrogens is 434 g/mol. The van der Waals surface area contributed by atoms with Crippen molar-refractivity contribution < 1.29 is 27.4 Å². The Bertz CT molecular complexity index is 1040. The van der Waals surface area contributed by atoms with Crippen LogP contribution in [0.25, 0.3) is 0 Å². The summed E-state index contributed by atoms with van der Waals surface area (Å²) in [4.78, 5) is 12.4. The van der Waals surface area contributed by atoms with Crippen LogP contribution in [-0.4, -0.2) is 53.7 Å². The Morgan fingerprint density at radius 2 is 1.91 bits per heavy atom. The van der Waals surface area contributed by atoms with Crippen molar-refractivity contribution in [1.29, 1.82) is 0 Å². The number of sulfonamides is 1. The van der Waals surface area contributed by atoms with Gasteiger partial charge in [-0.15, -0.1) is 0 Å². The monoisotopic (exact) mass is 463 g/mol. The third kappa shape index (κ3) is 7.45. The van der Waals surface area contributed by atoms with Gasteiger partial charge in [0.25, 0.3) is 5.91 Å². The maximum Gasteiger partial charge on any atom is 0.260 e. The number of ether oxygens (including phenoxy) is 3. The number of carbonyl (C=O) groups is 1. The Hall–Kier alpha value is -3.27. The van der Waals surface area contributed by atoms with Crippen molar-refractivity contribution in [2.75, 3.05) is 37.4 Å². The fourth-order valence-corrected chi connectivity index (χ4v) is 3.56. The predicted molar refractivity (Wildman–Crippen MR) is 124 cm³/mol. The molecule has 2 aromatic rings. The number of nitrogens with zero attached hydrogens (tertiary/aromatic N) is 2. The van der Waals surface area contributed by atoms with Gasteiger partial charge < -0.3 is 14.2 Å². The van der Waals surface area contributed by atoms with Crippen LogP contribution in [0.5, 0.6) is 17.2 Å². The van der Waals surface area contributed by atoms with Crippen LogP contribution in [0.4, 0.5) is 5.69 Å². The van der Waals surface area contributed by atoms with Crippen LogP contribution in [0, 0.1) is 0 Å². The standard InChI is InChI=1S/C22H29N3O6S/c1-5-12-31-20-11-10-17(13-21(20)30-6-2)15-23-24-22(26)16-25(32(4,27)28)18-8-7-9-19(14-18)29-3/h7-11,13-15H,5-6,12,16H2,1-4H3,(H,24,26)/b23-15-. The first kappa shape index (κ1) is 25.0. The number of nitrogens with one attached hydrogen (secondary N) is 1. The zero-order chi connectivity index (χ0) is 23.6. The number of amides is 1. The number of benzene rings is 2. The average molecular weight is 464 g/mol. The van der Waals surface area contributed by atoms with E-state index < -0.39 is 22.5 Å². The van der Waals surface area contributed by atoms with Gasteiger partial charge in [0.15, 0.2) is 11.5 Å². The van der Waals surface area contributed by atoms with Gasteiger partial charge in [-0.25, -0.2) is 13.8 Å². The maximum absolute atomic E-state index is 12.4. The fraction of sp³-hybridized carbons (Fsp3) is 0.364. The molecule has 0 saturated carbocycles. The molecule has 0 heterocycles. The molecule has 174 valence electrons. The molecule has 0 bridgehead atoms. The van der Waals surface area contributed by atoms with E-state index in [0.717, 1.165) is 17.0 Å². The van der Waals surface area contributed by atoms with Gasteiger partial charge in [0.05, 0.1) is 38.5 Å². The average Bonchev–Trinajstić information content (AvgIpc) is 2.76. The normalized spacial score (nSPS) is 11.2. The summed E-state index contributed by atoms with van der Waals surface area (Å²) in [5.74, 6) is 1.10. The number of methoxy groups -OCH3 is 1. The molecule has 0 aliphatic heterocycles. The van der Waals surface area contributed by atoms with E-state index in [2.05, 4.69) is 10.5 Å². The Balaban J connectivity index is 2.09. The minimum atomic E-state index is -3.71. The number of hydrogen-bond acceptors (Lipinski definition) is 7. The van der Waals surface area contributed by atoms with Crippen molar-refractivity contribution in [3.8, 4) is 17.2 Å². The molecule has 2 aromatic carbocycles. The second-order valence-electron chi connectivity index (χ2n) is 6.75. The Labute approximate surface area is 189 Å². The zero-order valence-corrected chi connectivity index (χ0v) is 19.5. The Morgan fingerprint density at radius 3 is 2.56 bits per heavy atom. The minimum Gasteiger partial charge on any atom is -0.497 e. The topological polar surface area (TPSA) is 107 Å². The van der Waals surface area contributed by atoms with E-state index in [1.165, 1.54) is 19.4 Å². The number of hydrogen-bond donors (Lipinski definition) is 1. The van der Waals surface area contributed by atoms with Crippen LogP contribution >= 0.6 is 0 Å². The Morgan fingerprint density at radius 1 is 1.12 bits per heavy atom. The van der Waals surface area contributed by atoms with Crippen molar-refractivity contribution in [1.82, 2.24) is 5.43 Å². The summed E-state index contributed by atoms with van der Waals surface area (Å²) in [6.45, 7) is 4.51. The highest BCUT2D eigenvalue weighted by atomic mass is 32.2. The first-order chi connectivity index (χ1) is 15.3. The highest BCUT2D eigenvalue weighted by Gasteiger charge is 2.21. The predicted octanol–water partition coefficient (Wildman–Crippen LogP) is 2.80. The van der Waals surface area contributed by atoms with E-state index in [4.69, 9.17) is 14.2 Å². The van der Waals surface area contributed by atoms with Crippen LogP contribution in [0.3, 0.4) is 0 Å². The van der Waals surface area contributed by atoms with Gasteiger partial charge in [-0.1, -0.05) is 13.0 Å².